The molecule has 0 saturated carbocycles. The zero-order chi connectivity index (χ0) is 17.5. The maximum absolute atomic E-state index is 12.8. The van der Waals surface area contributed by atoms with Crippen molar-refractivity contribution in [1.29, 1.82) is 0 Å². The lowest BCUT2D eigenvalue weighted by molar-refractivity contribution is -0.143. The first-order valence-electron chi connectivity index (χ1n) is 9.33. The van der Waals surface area contributed by atoms with Crippen molar-refractivity contribution in [3.63, 3.8) is 0 Å². The van der Waals surface area contributed by atoms with Gasteiger partial charge in [-0.05, 0) is 18.1 Å². The van der Waals surface area contributed by atoms with Crippen molar-refractivity contribution in [3.05, 3.63) is 77.9 Å². The molecular formula is C23H26O2. The molecule has 0 saturated heterocycles. The van der Waals surface area contributed by atoms with Crippen LogP contribution in [0.3, 0.4) is 0 Å². The highest BCUT2D eigenvalue weighted by atomic mass is 16.5. The fraction of sp³-hybridized carbons (Fsp3) is 0.348. The summed E-state index contributed by atoms with van der Waals surface area (Å²) in [6.45, 7) is 2.20. The largest absolute Gasteiger partial charge is 0.426 e. The number of carbonyl (C=O) groups is 1. The second-order valence-corrected chi connectivity index (χ2v) is 6.71. The molecular weight excluding hydrogens is 308 g/mol. The van der Waals surface area contributed by atoms with Crippen LogP contribution in [0.2, 0.25) is 0 Å². The number of unbranched alkanes of at least 4 members (excludes halogenated alkanes) is 3. The Morgan fingerprint density at radius 1 is 0.880 bits per heavy atom. The molecule has 0 unspecified atom stereocenters. The van der Waals surface area contributed by atoms with Gasteiger partial charge in [-0.15, -0.1) is 0 Å². The quantitative estimate of drug-likeness (QED) is 0.461. The third kappa shape index (κ3) is 4.39. The lowest BCUT2D eigenvalue weighted by Gasteiger charge is -2.29. The standard InChI is InChI=1S/C23H26O2/c1-2-3-4-11-16-20-21(18-12-7-5-8-13-18)17-22(25-23(20)24)19-14-9-6-10-15-19/h5-10,12-15,17,20-21H,2-4,11,16H2,1H3/t20-,21+/m0/s1. The highest BCUT2D eigenvalue weighted by molar-refractivity contribution is 5.84. The molecule has 0 aliphatic carbocycles. The van der Waals surface area contributed by atoms with E-state index in [1.54, 1.807) is 0 Å². The molecule has 0 amide bonds. The second-order valence-electron chi connectivity index (χ2n) is 6.71. The minimum Gasteiger partial charge on any atom is -0.426 e. The maximum atomic E-state index is 12.8. The molecule has 2 heteroatoms. The van der Waals surface area contributed by atoms with Crippen molar-refractivity contribution < 1.29 is 9.53 Å². The van der Waals surface area contributed by atoms with Crippen LogP contribution in [0.1, 0.15) is 56.1 Å². The van der Waals surface area contributed by atoms with Gasteiger partial charge in [0.25, 0.3) is 0 Å². The van der Waals surface area contributed by atoms with Gasteiger partial charge in [0.05, 0.1) is 5.92 Å². The van der Waals surface area contributed by atoms with Crippen LogP contribution in [-0.4, -0.2) is 5.97 Å². The number of hydrogen-bond donors (Lipinski definition) is 0. The Bertz CT molecular complexity index is 703. The van der Waals surface area contributed by atoms with Gasteiger partial charge in [-0.2, -0.15) is 0 Å². The van der Waals surface area contributed by atoms with Gasteiger partial charge >= 0.3 is 5.97 Å². The number of ether oxygens (including phenoxy) is 1. The SMILES string of the molecule is CCCCCC[C@@H]1C(=O)OC(c2ccccc2)=C[C@@H]1c1ccccc1. The van der Waals surface area contributed by atoms with Crippen LogP contribution in [0.5, 0.6) is 0 Å². The molecule has 0 radical (unpaired) electrons. The van der Waals surface area contributed by atoms with Gasteiger partial charge in [0.1, 0.15) is 5.76 Å². The summed E-state index contributed by atoms with van der Waals surface area (Å²) in [5, 5.41) is 0. The molecule has 1 aliphatic heterocycles. The summed E-state index contributed by atoms with van der Waals surface area (Å²) in [5.74, 6) is 0.585. The number of cyclic esters (lactones) is 1. The fourth-order valence-electron chi connectivity index (χ4n) is 3.49. The van der Waals surface area contributed by atoms with Gasteiger partial charge in [-0.25, -0.2) is 0 Å². The highest BCUT2D eigenvalue weighted by Crippen LogP contribution is 2.38. The van der Waals surface area contributed by atoms with Crippen LogP contribution in [-0.2, 0) is 9.53 Å². The van der Waals surface area contributed by atoms with Crippen LogP contribution in [0.4, 0.5) is 0 Å². The Kier molecular flexibility index (Phi) is 6.05. The number of esters is 1. The number of allylic oxidation sites excluding steroid dienone is 1. The molecule has 130 valence electrons. The summed E-state index contributed by atoms with van der Waals surface area (Å²) in [7, 11) is 0. The smallest absolute Gasteiger partial charge is 0.315 e. The summed E-state index contributed by atoms with van der Waals surface area (Å²) in [5.41, 5.74) is 2.15. The predicted molar refractivity (Wildman–Crippen MR) is 102 cm³/mol. The van der Waals surface area contributed by atoms with E-state index in [9.17, 15) is 4.79 Å². The summed E-state index contributed by atoms with van der Waals surface area (Å²) in [6, 6.07) is 20.2. The first-order chi connectivity index (χ1) is 12.3. The van der Waals surface area contributed by atoms with Crippen LogP contribution < -0.4 is 0 Å². The van der Waals surface area contributed by atoms with Gasteiger partial charge in [-0.3, -0.25) is 4.79 Å². The zero-order valence-electron chi connectivity index (χ0n) is 14.9. The number of benzene rings is 2. The van der Waals surface area contributed by atoms with Crippen LogP contribution in [0, 0.1) is 5.92 Å². The van der Waals surface area contributed by atoms with E-state index in [-0.39, 0.29) is 17.8 Å². The topological polar surface area (TPSA) is 26.3 Å². The number of rotatable bonds is 7. The van der Waals surface area contributed by atoms with E-state index >= 15 is 0 Å². The van der Waals surface area contributed by atoms with Crippen LogP contribution in [0.25, 0.3) is 5.76 Å². The van der Waals surface area contributed by atoms with Crippen molar-refractivity contribution in [1.82, 2.24) is 0 Å². The molecule has 2 nitrogen and oxygen atoms in total. The van der Waals surface area contributed by atoms with Crippen LogP contribution >= 0.6 is 0 Å². The normalized spacial score (nSPS) is 20.0. The molecule has 0 aromatic heterocycles. The Morgan fingerprint density at radius 3 is 2.24 bits per heavy atom. The molecule has 0 fully saturated rings. The van der Waals surface area contributed by atoms with Gasteiger partial charge in [0.2, 0.25) is 0 Å². The van der Waals surface area contributed by atoms with E-state index < -0.39 is 0 Å². The minimum atomic E-state index is -0.0910. The summed E-state index contributed by atoms with van der Waals surface area (Å²) >= 11 is 0. The Hall–Kier alpha value is -2.35. The highest BCUT2D eigenvalue weighted by Gasteiger charge is 2.34. The molecule has 2 aromatic rings. The molecule has 0 N–H and O–H groups in total. The third-order valence-electron chi connectivity index (χ3n) is 4.89. The fourth-order valence-corrected chi connectivity index (χ4v) is 3.49. The summed E-state index contributed by atoms with van der Waals surface area (Å²) in [4.78, 5) is 12.8. The molecule has 25 heavy (non-hydrogen) atoms. The van der Waals surface area contributed by atoms with Gasteiger partial charge < -0.3 is 4.74 Å². The average Bonchev–Trinajstić information content (AvgIpc) is 2.67. The number of hydrogen-bond acceptors (Lipinski definition) is 2. The molecule has 0 spiro atoms. The first kappa shape index (κ1) is 17.5. The average molecular weight is 334 g/mol. The molecule has 1 aliphatic rings. The zero-order valence-corrected chi connectivity index (χ0v) is 14.9. The predicted octanol–water partition coefficient (Wildman–Crippen LogP) is 5.95. The minimum absolute atomic E-state index is 0.0827. The van der Waals surface area contributed by atoms with E-state index in [2.05, 4.69) is 25.1 Å². The Morgan fingerprint density at radius 2 is 1.56 bits per heavy atom. The lowest BCUT2D eigenvalue weighted by Crippen LogP contribution is -2.27. The van der Waals surface area contributed by atoms with Crippen LogP contribution in [0.15, 0.2) is 66.7 Å². The van der Waals surface area contributed by atoms with E-state index in [1.165, 1.54) is 24.8 Å². The van der Waals surface area contributed by atoms with E-state index in [1.807, 2.05) is 48.5 Å². The van der Waals surface area contributed by atoms with Crippen molar-refractivity contribution in [2.45, 2.75) is 44.9 Å². The second kappa shape index (κ2) is 8.66. The van der Waals surface area contributed by atoms with Gasteiger partial charge in [0, 0.05) is 11.5 Å². The van der Waals surface area contributed by atoms with E-state index in [4.69, 9.17) is 4.74 Å². The molecule has 0 bridgehead atoms. The Balaban J connectivity index is 1.88. The van der Waals surface area contributed by atoms with E-state index in [0.717, 1.165) is 18.4 Å². The van der Waals surface area contributed by atoms with Gasteiger partial charge in [-0.1, -0.05) is 93.3 Å². The Labute approximate surface area is 150 Å². The summed E-state index contributed by atoms with van der Waals surface area (Å²) in [6.07, 6.45) is 7.70. The monoisotopic (exact) mass is 334 g/mol. The molecule has 2 aromatic carbocycles. The first-order valence-corrected chi connectivity index (χ1v) is 9.33. The van der Waals surface area contributed by atoms with Crippen molar-refractivity contribution in [2.24, 2.45) is 5.92 Å². The van der Waals surface area contributed by atoms with Gasteiger partial charge in [0.15, 0.2) is 0 Å². The van der Waals surface area contributed by atoms with Crippen molar-refractivity contribution in [3.8, 4) is 0 Å². The number of carbonyl (C=O) groups excluding carboxylic acids is 1. The lowest BCUT2D eigenvalue weighted by atomic mass is 9.80. The van der Waals surface area contributed by atoms with Crippen molar-refractivity contribution in [2.75, 3.05) is 0 Å². The van der Waals surface area contributed by atoms with E-state index in [0.29, 0.717) is 5.76 Å². The molecule has 1 heterocycles. The molecule has 3 rings (SSSR count). The van der Waals surface area contributed by atoms with Crippen molar-refractivity contribution >= 4 is 11.7 Å². The third-order valence-corrected chi connectivity index (χ3v) is 4.89. The summed E-state index contributed by atoms with van der Waals surface area (Å²) < 4.78 is 5.72. The molecule has 2 atom stereocenters. The maximum Gasteiger partial charge on any atom is 0.315 e.